The number of likely N-dealkylation sites (tertiary alicyclic amines) is 1. The lowest BCUT2D eigenvalue weighted by Crippen LogP contribution is -2.60. The molecule has 1 aromatic carbocycles. The summed E-state index contributed by atoms with van der Waals surface area (Å²) in [5.74, 6) is -0.428. The first-order valence-electron chi connectivity index (χ1n) is 9.07. The predicted molar refractivity (Wildman–Crippen MR) is 98.5 cm³/mol. The van der Waals surface area contributed by atoms with Gasteiger partial charge in [-0.05, 0) is 37.8 Å². The molecule has 0 bridgehead atoms. The van der Waals surface area contributed by atoms with Gasteiger partial charge < -0.3 is 14.7 Å². The van der Waals surface area contributed by atoms with Gasteiger partial charge in [-0.15, -0.1) is 0 Å². The number of piperazine rings is 1. The SMILES string of the molecule is C[C@H]1C(=O)N(Cc2ccccc2Cl)CC(=O)N1CC(=O)N1CCCCC1. The summed E-state index contributed by atoms with van der Waals surface area (Å²) < 4.78 is 0. The number of carbonyl (C=O) groups excluding carboxylic acids is 3. The summed E-state index contributed by atoms with van der Waals surface area (Å²) in [6.45, 7) is 3.40. The van der Waals surface area contributed by atoms with E-state index in [-0.39, 0.29) is 30.8 Å². The highest BCUT2D eigenvalue weighted by Gasteiger charge is 2.38. The second-order valence-corrected chi connectivity index (χ2v) is 7.33. The predicted octanol–water partition coefficient (Wildman–Crippen LogP) is 1.91. The van der Waals surface area contributed by atoms with Gasteiger partial charge in [-0.25, -0.2) is 0 Å². The van der Waals surface area contributed by atoms with Gasteiger partial charge >= 0.3 is 0 Å². The molecule has 6 nitrogen and oxygen atoms in total. The number of carbonyl (C=O) groups is 3. The van der Waals surface area contributed by atoms with E-state index in [1.165, 1.54) is 9.80 Å². The van der Waals surface area contributed by atoms with Gasteiger partial charge in [-0.2, -0.15) is 0 Å². The van der Waals surface area contributed by atoms with Crippen molar-refractivity contribution >= 4 is 29.3 Å². The molecule has 2 fully saturated rings. The zero-order chi connectivity index (χ0) is 18.7. The zero-order valence-electron chi connectivity index (χ0n) is 15.0. The van der Waals surface area contributed by atoms with Gasteiger partial charge in [0, 0.05) is 24.7 Å². The van der Waals surface area contributed by atoms with Crippen molar-refractivity contribution in [3.05, 3.63) is 34.9 Å². The first-order valence-corrected chi connectivity index (χ1v) is 9.44. The lowest BCUT2D eigenvalue weighted by Gasteiger charge is -2.39. The highest BCUT2D eigenvalue weighted by molar-refractivity contribution is 6.31. The van der Waals surface area contributed by atoms with Gasteiger partial charge in [0.15, 0.2) is 0 Å². The molecule has 0 spiro atoms. The maximum absolute atomic E-state index is 12.7. The second-order valence-electron chi connectivity index (χ2n) is 6.92. The molecule has 0 N–H and O–H groups in total. The minimum absolute atomic E-state index is 0.0221. The molecule has 2 aliphatic heterocycles. The molecular weight excluding hydrogens is 354 g/mol. The van der Waals surface area contributed by atoms with Crippen molar-refractivity contribution in [3.8, 4) is 0 Å². The molecule has 2 aliphatic rings. The standard InChI is InChI=1S/C19H24ClN3O3/c1-14-19(26)22(11-15-7-3-4-8-16(15)20)12-18(25)23(14)13-17(24)21-9-5-2-6-10-21/h3-4,7-8,14H,2,5-6,9-13H2,1H3/t14-/m0/s1. The van der Waals surface area contributed by atoms with Gasteiger partial charge in [0.25, 0.3) is 0 Å². The number of nitrogens with zero attached hydrogens (tertiary/aromatic N) is 3. The number of hydrogen-bond acceptors (Lipinski definition) is 3. The number of hydrogen-bond donors (Lipinski definition) is 0. The van der Waals surface area contributed by atoms with Crippen molar-refractivity contribution in [3.63, 3.8) is 0 Å². The van der Waals surface area contributed by atoms with Crippen LogP contribution in [0.25, 0.3) is 0 Å². The van der Waals surface area contributed by atoms with E-state index in [9.17, 15) is 14.4 Å². The number of halogens is 1. The van der Waals surface area contributed by atoms with Crippen LogP contribution < -0.4 is 0 Å². The lowest BCUT2D eigenvalue weighted by atomic mass is 10.1. The summed E-state index contributed by atoms with van der Waals surface area (Å²) >= 11 is 6.16. The minimum Gasteiger partial charge on any atom is -0.341 e. The van der Waals surface area contributed by atoms with Crippen molar-refractivity contribution < 1.29 is 14.4 Å². The summed E-state index contributed by atoms with van der Waals surface area (Å²) in [6, 6.07) is 6.64. The summed E-state index contributed by atoms with van der Waals surface area (Å²) in [5.41, 5.74) is 0.806. The van der Waals surface area contributed by atoms with Crippen molar-refractivity contribution in [2.45, 2.75) is 38.8 Å². The smallest absolute Gasteiger partial charge is 0.245 e. The summed E-state index contributed by atoms with van der Waals surface area (Å²) in [6.07, 6.45) is 3.14. The Morgan fingerprint density at radius 3 is 2.54 bits per heavy atom. The molecular formula is C19H24ClN3O3. The van der Waals surface area contributed by atoms with Crippen molar-refractivity contribution in [2.24, 2.45) is 0 Å². The highest BCUT2D eigenvalue weighted by Crippen LogP contribution is 2.21. The van der Waals surface area contributed by atoms with E-state index in [2.05, 4.69) is 0 Å². The van der Waals surface area contributed by atoms with E-state index in [0.29, 0.717) is 11.6 Å². The minimum atomic E-state index is -0.646. The molecule has 0 saturated carbocycles. The van der Waals surface area contributed by atoms with Crippen LogP contribution in [0.2, 0.25) is 5.02 Å². The first kappa shape index (κ1) is 18.7. The number of amides is 3. The van der Waals surface area contributed by atoms with Crippen LogP contribution in [0.1, 0.15) is 31.7 Å². The van der Waals surface area contributed by atoms with Crippen LogP contribution in [0.5, 0.6) is 0 Å². The number of piperidine rings is 1. The first-order chi connectivity index (χ1) is 12.5. The Balaban J connectivity index is 1.65. The molecule has 1 atom stereocenters. The fraction of sp³-hybridized carbons (Fsp3) is 0.526. The Labute approximate surface area is 158 Å². The molecule has 0 radical (unpaired) electrons. The third-order valence-electron chi connectivity index (χ3n) is 5.12. The summed E-state index contributed by atoms with van der Waals surface area (Å²) in [5, 5.41) is 0.572. The van der Waals surface area contributed by atoms with E-state index in [1.807, 2.05) is 18.2 Å². The third kappa shape index (κ3) is 4.01. The maximum atomic E-state index is 12.7. The topological polar surface area (TPSA) is 60.9 Å². The highest BCUT2D eigenvalue weighted by atomic mass is 35.5. The van der Waals surface area contributed by atoms with Crippen LogP contribution >= 0.6 is 11.6 Å². The molecule has 2 saturated heterocycles. The largest absolute Gasteiger partial charge is 0.341 e. The van der Waals surface area contributed by atoms with Crippen LogP contribution in [0.4, 0.5) is 0 Å². The average molecular weight is 378 g/mol. The van der Waals surface area contributed by atoms with Crippen molar-refractivity contribution in [1.29, 1.82) is 0 Å². The zero-order valence-corrected chi connectivity index (χ0v) is 15.7. The second kappa shape index (κ2) is 8.08. The molecule has 0 aliphatic carbocycles. The van der Waals surface area contributed by atoms with E-state index >= 15 is 0 Å². The van der Waals surface area contributed by atoms with Gasteiger partial charge in [0.1, 0.15) is 19.1 Å². The van der Waals surface area contributed by atoms with Crippen molar-refractivity contribution in [1.82, 2.24) is 14.7 Å². The molecule has 2 heterocycles. The molecule has 3 rings (SSSR count). The lowest BCUT2D eigenvalue weighted by molar-refractivity contribution is -0.158. The van der Waals surface area contributed by atoms with E-state index in [0.717, 1.165) is 37.9 Å². The molecule has 140 valence electrons. The van der Waals surface area contributed by atoms with Crippen LogP contribution in [0.15, 0.2) is 24.3 Å². The Hall–Kier alpha value is -2.08. The van der Waals surface area contributed by atoms with Crippen LogP contribution in [0, 0.1) is 0 Å². The maximum Gasteiger partial charge on any atom is 0.245 e. The van der Waals surface area contributed by atoms with Gasteiger partial charge in [-0.1, -0.05) is 29.8 Å². The fourth-order valence-corrected chi connectivity index (χ4v) is 3.72. The van der Waals surface area contributed by atoms with Gasteiger partial charge in [0.05, 0.1) is 0 Å². The Kier molecular flexibility index (Phi) is 5.81. The van der Waals surface area contributed by atoms with Gasteiger partial charge in [-0.3, -0.25) is 14.4 Å². The summed E-state index contributed by atoms with van der Waals surface area (Å²) in [7, 11) is 0. The van der Waals surface area contributed by atoms with Gasteiger partial charge in [0.2, 0.25) is 17.7 Å². The third-order valence-corrected chi connectivity index (χ3v) is 5.49. The van der Waals surface area contributed by atoms with E-state index in [1.54, 1.807) is 17.9 Å². The number of benzene rings is 1. The molecule has 1 aromatic rings. The Bertz CT molecular complexity index is 703. The monoisotopic (exact) mass is 377 g/mol. The van der Waals surface area contributed by atoms with Crippen LogP contribution in [-0.2, 0) is 20.9 Å². The summed E-state index contributed by atoms with van der Waals surface area (Å²) in [4.78, 5) is 42.5. The van der Waals surface area contributed by atoms with Crippen molar-refractivity contribution in [2.75, 3.05) is 26.2 Å². The molecule has 0 unspecified atom stereocenters. The number of rotatable bonds is 4. The Morgan fingerprint density at radius 2 is 1.85 bits per heavy atom. The molecule has 3 amide bonds. The molecule has 7 heteroatoms. The Morgan fingerprint density at radius 1 is 1.15 bits per heavy atom. The quantitative estimate of drug-likeness (QED) is 0.805. The fourth-order valence-electron chi connectivity index (χ4n) is 3.53. The van der Waals surface area contributed by atoms with Crippen LogP contribution in [-0.4, -0.2) is 64.6 Å². The molecule has 0 aromatic heterocycles. The molecule has 26 heavy (non-hydrogen) atoms. The van der Waals surface area contributed by atoms with E-state index in [4.69, 9.17) is 11.6 Å². The van der Waals surface area contributed by atoms with E-state index < -0.39 is 6.04 Å². The van der Waals surface area contributed by atoms with Crippen LogP contribution in [0.3, 0.4) is 0 Å². The normalized spacial score (nSPS) is 21.3. The average Bonchev–Trinajstić information content (AvgIpc) is 2.65.